The number of hydrogen-bond acceptors (Lipinski definition) is 5. The first-order valence-electron chi connectivity index (χ1n) is 8.31. The molecule has 4 nitrogen and oxygen atoms in total. The van der Waals surface area contributed by atoms with Crippen molar-refractivity contribution in [2.75, 3.05) is 13.2 Å². The summed E-state index contributed by atoms with van der Waals surface area (Å²) in [6, 6.07) is 2.79. The Morgan fingerprint density at radius 3 is 3.09 bits per heavy atom. The molecule has 1 aromatic heterocycles. The van der Waals surface area contributed by atoms with E-state index in [1.807, 2.05) is 0 Å². The van der Waals surface area contributed by atoms with Crippen LogP contribution in [0.2, 0.25) is 4.34 Å². The minimum Gasteiger partial charge on any atom is -0.467 e. The molecule has 0 bridgehead atoms. The maximum Gasteiger partial charge on any atom is 0.293 e. The summed E-state index contributed by atoms with van der Waals surface area (Å²) in [4.78, 5) is 11.9. The first kappa shape index (κ1) is 15.9. The lowest BCUT2D eigenvalue weighted by molar-refractivity contribution is -0.132. The van der Waals surface area contributed by atoms with Crippen LogP contribution in [0.5, 0.6) is 0 Å². The van der Waals surface area contributed by atoms with Gasteiger partial charge in [-0.25, -0.2) is 0 Å². The van der Waals surface area contributed by atoms with E-state index in [-0.39, 0.29) is 11.0 Å². The fraction of sp³-hybridized carbons (Fsp3) is 0.706. The molecule has 23 heavy (non-hydrogen) atoms. The molecule has 1 saturated carbocycles. The molecule has 4 rings (SSSR count). The molecule has 1 N–H and O–H groups in total. The van der Waals surface area contributed by atoms with Crippen LogP contribution in [0.1, 0.15) is 43.0 Å². The molecule has 2 fully saturated rings. The van der Waals surface area contributed by atoms with Crippen LogP contribution < -0.4 is 5.32 Å². The largest absolute Gasteiger partial charge is 0.467 e. The Morgan fingerprint density at radius 1 is 1.52 bits per heavy atom. The minimum atomic E-state index is -0.225. The molecule has 0 radical (unpaired) electrons. The summed E-state index contributed by atoms with van der Waals surface area (Å²) < 4.78 is 12.3. The standard InChI is InChI=1S/C17H22ClNO3S/c1-11-7-17(15-12(2-5-22-17)6-14(18)23-15)8-13(19-11)16(3-4-16)9-21-10-20/h6,10-11,13,19H,2-5,7-9H2,1H3/t11-,13-,17-/m0/s1. The van der Waals surface area contributed by atoms with Gasteiger partial charge < -0.3 is 14.8 Å². The van der Waals surface area contributed by atoms with Gasteiger partial charge in [-0.05, 0) is 50.7 Å². The van der Waals surface area contributed by atoms with E-state index in [1.165, 1.54) is 10.4 Å². The van der Waals surface area contributed by atoms with E-state index in [0.29, 0.717) is 25.2 Å². The van der Waals surface area contributed by atoms with Gasteiger partial charge in [-0.3, -0.25) is 4.79 Å². The van der Waals surface area contributed by atoms with Crippen LogP contribution in [-0.2, 0) is 26.3 Å². The monoisotopic (exact) mass is 355 g/mol. The average molecular weight is 356 g/mol. The maximum atomic E-state index is 10.6. The number of thiophene rings is 1. The number of nitrogens with one attached hydrogen (secondary N) is 1. The number of piperidine rings is 1. The molecule has 0 amide bonds. The third-order valence-corrected chi connectivity index (χ3v) is 7.16. The number of carbonyl (C=O) groups excluding carboxylic acids is 1. The molecule has 2 aliphatic heterocycles. The highest BCUT2D eigenvalue weighted by atomic mass is 35.5. The van der Waals surface area contributed by atoms with Gasteiger partial charge >= 0.3 is 0 Å². The summed E-state index contributed by atoms with van der Waals surface area (Å²) in [7, 11) is 0. The lowest BCUT2D eigenvalue weighted by Crippen LogP contribution is -2.56. The predicted octanol–water partition coefficient (Wildman–Crippen LogP) is 3.26. The molecular formula is C17H22ClNO3S. The number of hydrogen-bond donors (Lipinski definition) is 1. The summed E-state index contributed by atoms with van der Waals surface area (Å²) in [6.45, 7) is 4.06. The number of fused-ring (bicyclic) bond motifs is 2. The molecule has 126 valence electrons. The molecular weight excluding hydrogens is 334 g/mol. The van der Waals surface area contributed by atoms with Gasteiger partial charge in [-0.15, -0.1) is 11.3 Å². The van der Waals surface area contributed by atoms with Crippen molar-refractivity contribution in [2.24, 2.45) is 5.41 Å². The highest BCUT2D eigenvalue weighted by Crippen LogP contribution is 2.56. The Bertz CT molecular complexity index is 615. The van der Waals surface area contributed by atoms with Crippen LogP contribution in [0.4, 0.5) is 0 Å². The van der Waals surface area contributed by atoms with Crippen LogP contribution in [0.25, 0.3) is 0 Å². The third kappa shape index (κ3) is 2.72. The topological polar surface area (TPSA) is 47.6 Å². The summed E-state index contributed by atoms with van der Waals surface area (Å²) in [5.41, 5.74) is 1.22. The molecule has 1 spiro atoms. The van der Waals surface area contributed by atoms with Crippen LogP contribution >= 0.6 is 22.9 Å². The molecule has 0 aromatic carbocycles. The van der Waals surface area contributed by atoms with Crippen molar-refractivity contribution in [1.29, 1.82) is 0 Å². The van der Waals surface area contributed by atoms with E-state index in [1.54, 1.807) is 11.3 Å². The van der Waals surface area contributed by atoms with Crippen molar-refractivity contribution in [3.8, 4) is 0 Å². The lowest BCUT2D eigenvalue weighted by atomic mass is 9.75. The van der Waals surface area contributed by atoms with Gasteiger partial charge in [0.05, 0.1) is 17.6 Å². The van der Waals surface area contributed by atoms with Crippen LogP contribution in [0.15, 0.2) is 6.07 Å². The highest BCUT2D eigenvalue weighted by Gasteiger charge is 2.56. The molecule has 1 saturated heterocycles. The van der Waals surface area contributed by atoms with Crippen molar-refractivity contribution in [3.05, 3.63) is 20.8 Å². The Labute approximate surface area is 145 Å². The van der Waals surface area contributed by atoms with E-state index >= 15 is 0 Å². The van der Waals surface area contributed by atoms with Crippen LogP contribution in [0.3, 0.4) is 0 Å². The molecule has 1 aromatic rings. The van der Waals surface area contributed by atoms with Gasteiger partial charge in [0.2, 0.25) is 0 Å². The zero-order valence-corrected chi connectivity index (χ0v) is 14.8. The van der Waals surface area contributed by atoms with Crippen molar-refractivity contribution < 1.29 is 14.3 Å². The Kier molecular flexibility index (Phi) is 3.95. The van der Waals surface area contributed by atoms with Crippen LogP contribution in [0, 0.1) is 5.41 Å². The first-order valence-corrected chi connectivity index (χ1v) is 9.50. The summed E-state index contributed by atoms with van der Waals surface area (Å²) in [5.74, 6) is 0. The molecule has 1 aliphatic carbocycles. The summed E-state index contributed by atoms with van der Waals surface area (Å²) in [5, 5.41) is 3.73. The quantitative estimate of drug-likeness (QED) is 0.842. The number of carbonyl (C=O) groups is 1. The van der Waals surface area contributed by atoms with Gasteiger partial charge in [0.15, 0.2) is 0 Å². The predicted molar refractivity (Wildman–Crippen MR) is 90.0 cm³/mol. The lowest BCUT2D eigenvalue weighted by Gasteiger charge is -2.48. The fourth-order valence-corrected chi connectivity index (χ4v) is 5.87. The van der Waals surface area contributed by atoms with E-state index in [9.17, 15) is 4.79 Å². The Balaban J connectivity index is 1.64. The second-order valence-electron chi connectivity index (χ2n) is 7.30. The van der Waals surface area contributed by atoms with Gasteiger partial charge in [0.1, 0.15) is 5.60 Å². The molecule has 0 unspecified atom stereocenters. The maximum absolute atomic E-state index is 10.6. The van der Waals surface area contributed by atoms with Crippen molar-refractivity contribution >= 4 is 29.4 Å². The second kappa shape index (κ2) is 5.73. The number of ether oxygens (including phenoxy) is 2. The molecule has 3 heterocycles. The summed E-state index contributed by atoms with van der Waals surface area (Å²) in [6.07, 6.45) is 5.08. The first-order chi connectivity index (χ1) is 11.1. The van der Waals surface area contributed by atoms with E-state index in [4.69, 9.17) is 21.1 Å². The van der Waals surface area contributed by atoms with Crippen LogP contribution in [-0.4, -0.2) is 31.8 Å². The van der Waals surface area contributed by atoms with Crippen molar-refractivity contribution in [1.82, 2.24) is 5.32 Å². The number of rotatable bonds is 4. The van der Waals surface area contributed by atoms with E-state index in [2.05, 4.69) is 18.3 Å². The van der Waals surface area contributed by atoms with Crippen molar-refractivity contribution in [3.63, 3.8) is 0 Å². The van der Waals surface area contributed by atoms with E-state index in [0.717, 1.165) is 43.0 Å². The molecule has 3 aliphatic rings. The molecule has 6 heteroatoms. The normalized spacial score (nSPS) is 34.9. The van der Waals surface area contributed by atoms with Gasteiger partial charge in [0.25, 0.3) is 6.47 Å². The Morgan fingerprint density at radius 2 is 2.35 bits per heavy atom. The fourth-order valence-electron chi connectivity index (χ4n) is 4.41. The minimum absolute atomic E-state index is 0.0879. The van der Waals surface area contributed by atoms with Crippen molar-refractivity contribution in [2.45, 2.75) is 56.7 Å². The average Bonchev–Trinajstić information content (AvgIpc) is 3.20. The molecule has 3 atom stereocenters. The number of halogens is 1. The summed E-state index contributed by atoms with van der Waals surface area (Å²) >= 11 is 7.96. The third-order valence-electron chi connectivity index (χ3n) is 5.67. The van der Waals surface area contributed by atoms with E-state index < -0.39 is 0 Å². The second-order valence-corrected chi connectivity index (χ2v) is 8.98. The zero-order valence-electron chi connectivity index (χ0n) is 13.3. The van der Waals surface area contributed by atoms with Gasteiger partial charge in [-0.2, -0.15) is 0 Å². The van der Waals surface area contributed by atoms with Gasteiger partial charge in [-0.1, -0.05) is 11.6 Å². The smallest absolute Gasteiger partial charge is 0.293 e. The van der Waals surface area contributed by atoms with Gasteiger partial charge in [0, 0.05) is 22.4 Å². The Hall–Kier alpha value is -0.620. The highest BCUT2D eigenvalue weighted by molar-refractivity contribution is 7.16. The zero-order chi connectivity index (χ0) is 16.1. The SMILES string of the molecule is C[C@H]1C[C@@]2(C[C@@H](C3(COC=O)CC3)N1)OCCc1cc(Cl)sc12.